The van der Waals surface area contributed by atoms with Crippen molar-refractivity contribution >= 4 is 17.0 Å². The normalized spacial score (nSPS) is 31.1. The number of aliphatic hydroxyl groups is 2. The SMILES string of the molecule is CC[C@H]1OC(n2cnc3c(NC4CCCC4)ncnc32)C(O)[C@@H]1O. The van der Waals surface area contributed by atoms with E-state index in [1.807, 2.05) is 6.92 Å². The van der Waals surface area contributed by atoms with Crippen LogP contribution < -0.4 is 5.32 Å². The molecule has 130 valence electrons. The van der Waals surface area contributed by atoms with Crippen molar-refractivity contribution < 1.29 is 14.9 Å². The van der Waals surface area contributed by atoms with Gasteiger partial charge in [0.25, 0.3) is 0 Å². The third-order valence-electron chi connectivity index (χ3n) is 5.07. The molecule has 2 fully saturated rings. The number of ether oxygens (including phenoxy) is 1. The lowest BCUT2D eigenvalue weighted by molar-refractivity contribution is -0.0355. The third kappa shape index (κ3) is 2.54. The van der Waals surface area contributed by atoms with E-state index in [0.717, 1.165) is 12.8 Å². The Morgan fingerprint density at radius 2 is 2.00 bits per heavy atom. The van der Waals surface area contributed by atoms with Crippen LogP contribution in [0, 0.1) is 0 Å². The lowest BCUT2D eigenvalue weighted by atomic mass is 10.1. The maximum Gasteiger partial charge on any atom is 0.167 e. The van der Waals surface area contributed by atoms with E-state index < -0.39 is 18.4 Å². The maximum atomic E-state index is 10.3. The molecule has 2 unspecified atom stereocenters. The molecule has 4 atom stereocenters. The van der Waals surface area contributed by atoms with Gasteiger partial charge < -0.3 is 20.3 Å². The number of hydrogen-bond donors (Lipinski definition) is 3. The van der Waals surface area contributed by atoms with Gasteiger partial charge in [0.05, 0.1) is 12.4 Å². The summed E-state index contributed by atoms with van der Waals surface area (Å²) in [5, 5.41) is 23.8. The van der Waals surface area contributed by atoms with Crippen molar-refractivity contribution in [2.75, 3.05) is 5.32 Å². The summed E-state index contributed by atoms with van der Waals surface area (Å²) in [5.41, 5.74) is 1.26. The number of fused-ring (bicyclic) bond motifs is 1. The Bertz CT molecular complexity index is 715. The van der Waals surface area contributed by atoms with Gasteiger partial charge in [0.1, 0.15) is 18.5 Å². The lowest BCUT2D eigenvalue weighted by Crippen LogP contribution is -2.31. The molecular formula is C16H23N5O3. The van der Waals surface area contributed by atoms with Gasteiger partial charge in [-0.1, -0.05) is 19.8 Å². The molecule has 3 N–H and O–H groups in total. The van der Waals surface area contributed by atoms with Crippen LogP contribution in [0.5, 0.6) is 0 Å². The van der Waals surface area contributed by atoms with Crippen molar-refractivity contribution in [3.05, 3.63) is 12.7 Å². The van der Waals surface area contributed by atoms with E-state index in [9.17, 15) is 10.2 Å². The van der Waals surface area contributed by atoms with Gasteiger partial charge in [0.15, 0.2) is 23.2 Å². The van der Waals surface area contributed by atoms with Crippen molar-refractivity contribution in [3.8, 4) is 0 Å². The number of aromatic nitrogens is 4. The molecule has 0 spiro atoms. The first kappa shape index (κ1) is 15.7. The van der Waals surface area contributed by atoms with Gasteiger partial charge in [-0.05, 0) is 19.3 Å². The van der Waals surface area contributed by atoms with Gasteiger partial charge >= 0.3 is 0 Å². The average Bonchev–Trinajstić information content (AvgIpc) is 3.30. The molecule has 2 aliphatic rings. The molecule has 1 aliphatic carbocycles. The van der Waals surface area contributed by atoms with Crippen LogP contribution in [0.3, 0.4) is 0 Å². The largest absolute Gasteiger partial charge is 0.388 e. The highest BCUT2D eigenvalue weighted by atomic mass is 16.6. The predicted molar refractivity (Wildman–Crippen MR) is 87.4 cm³/mol. The number of nitrogens with one attached hydrogen (secondary N) is 1. The molecule has 3 heterocycles. The first-order valence-corrected chi connectivity index (χ1v) is 8.64. The van der Waals surface area contributed by atoms with Crippen molar-refractivity contribution in [2.24, 2.45) is 0 Å². The summed E-state index contributed by atoms with van der Waals surface area (Å²) >= 11 is 0. The van der Waals surface area contributed by atoms with Gasteiger partial charge in [-0.2, -0.15) is 0 Å². The van der Waals surface area contributed by atoms with Gasteiger partial charge in [0, 0.05) is 6.04 Å². The van der Waals surface area contributed by atoms with Crippen LogP contribution >= 0.6 is 0 Å². The predicted octanol–water partition coefficient (Wildman–Crippen LogP) is 1.21. The smallest absolute Gasteiger partial charge is 0.167 e. The highest BCUT2D eigenvalue weighted by Gasteiger charge is 2.43. The van der Waals surface area contributed by atoms with Crippen molar-refractivity contribution in [1.82, 2.24) is 19.5 Å². The average molecular weight is 333 g/mol. The van der Waals surface area contributed by atoms with Crippen molar-refractivity contribution in [3.63, 3.8) is 0 Å². The van der Waals surface area contributed by atoms with Crippen molar-refractivity contribution in [1.29, 1.82) is 0 Å². The zero-order valence-corrected chi connectivity index (χ0v) is 13.7. The summed E-state index contributed by atoms with van der Waals surface area (Å²) < 4.78 is 7.48. The standard InChI is InChI=1S/C16H23N5O3/c1-2-10-12(22)13(23)16(24-10)21-8-19-11-14(17-7-18-15(11)21)20-9-5-3-4-6-9/h7-10,12-13,16,22-23H,2-6H2,1H3,(H,17,18,20)/t10-,12-,13?,16?/m1/s1. The van der Waals surface area contributed by atoms with E-state index in [2.05, 4.69) is 20.3 Å². The number of anilines is 1. The van der Waals surface area contributed by atoms with Crippen LogP contribution in [-0.2, 0) is 4.74 Å². The van der Waals surface area contributed by atoms with E-state index in [0.29, 0.717) is 29.4 Å². The zero-order valence-electron chi connectivity index (χ0n) is 13.7. The maximum absolute atomic E-state index is 10.3. The van der Waals surface area contributed by atoms with E-state index in [-0.39, 0.29) is 6.10 Å². The molecule has 1 saturated heterocycles. The van der Waals surface area contributed by atoms with Crippen molar-refractivity contribution in [2.45, 2.75) is 69.6 Å². The molecule has 4 rings (SSSR count). The summed E-state index contributed by atoms with van der Waals surface area (Å²) in [4.78, 5) is 13.1. The summed E-state index contributed by atoms with van der Waals surface area (Å²) in [7, 11) is 0. The second-order valence-electron chi connectivity index (χ2n) is 6.63. The fraction of sp³-hybridized carbons (Fsp3) is 0.688. The molecule has 2 aromatic rings. The van der Waals surface area contributed by atoms with Crippen LogP contribution in [0.1, 0.15) is 45.3 Å². The van der Waals surface area contributed by atoms with E-state index in [1.165, 1.54) is 19.2 Å². The molecule has 8 nitrogen and oxygen atoms in total. The Labute approximate surface area is 139 Å². The molecule has 2 aromatic heterocycles. The second kappa shape index (κ2) is 6.27. The van der Waals surface area contributed by atoms with Gasteiger partial charge in [-0.15, -0.1) is 0 Å². The lowest BCUT2D eigenvalue weighted by Gasteiger charge is -2.17. The number of nitrogens with zero attached hydrogens (tertiary/aromatic N) is 4. The molecule has 1 aliphatic heterocycles. The Hall–Kier alpha value is -1.77. The Kier molecular flexibility index (Phi) is 4.11. The highest BCUT2D eigenvalue weighted by molar-refractivity contribution is 5.82. The summed E-state index contributed by atoms with van der Waals surface area (Å²) in [6.45, 7) is 1.92. The molecule has 1 saturated carbocycles. The fourth-order valence-corrected chi connectivity index (χ4v) is 3.70. The van der Waals surface area contributed by atoms with Crippen LogP contribution in [0.2, 0.25) is 0 Å². The summed E-state index contributed by atoms with van der Waals surface area (Å²) in [6, 6.07) is 0.424. The fourth-order valence-electron chi connectivity index (χ4n) is 3.70. The Morgan fingerprint density at radius 1 is 1.21 bits per heavy atom. The van der Waals surface area contributed by atoms with Gasteiger partial charge in [-0.25, -0.2) is 15.0 Å². The minimum atomic E-state index is -1.01. The third-order valence-corrected chi connectivity index (χ3v) is 5.07. The Morgan fingerprint density at radius 3 is 2.71 bits per heavy atom. The molecule has 0 radical (unpaired) electrons. The molecule has 24 heavy (non-hydrogen) atoms. The van der Waals surface area contributed by atoms with E-state index in [4.69, 9.17) is 4.74 Å². The first-order chi connectivity index (χ1) is 11.7. The summed E-state index contributed by atoms with van der Waals surface area (Å²) in [5.74, 6) is 0.714. The quantitative estimate of drug-likeness (QED) is 0.772. The molecule has 0 amide bonds. The number of aliphatic hydroxyl groups excluding tert-OH is 2. The van der Waals surface area contributed by atoms with Gasteiger partial charge in [-0.3, -0.25) is 4.57 Å². The molecule has 0 aromatic carbocycles. The molecule has 0 bridgehead atoms. The highest BCUT2D eigenvalue weighted by Crippen LogP contribution is 2.33. The minimum Gasteiger partial charge on any atom is -0.388 e. The van der Waals surface area contributed by atoms with Crippen LogP contribution in [0.4, 0.5) is 5.82 Å². The van der Waals surface area contributed by atoms with Crippen LogP contribution in [0.25, 0.3) is 11.2 Å². The Balaban J connectivity index is 1.65. The van der Waals surface area contributed by atoms with Crippen LogP contribution in [-0.4, -0.2) is 54.1 Å². The topological polar surface area (TPSA) is 105 Å². The zero-order chi connectivity index (χ0) is 16.7. The molecular weight excluding hydrogens is 310 g/mol. The number of imidazole rings is 1. The minimum absolute atomic E-state index is 0.389. The first-order valence-electron chi connectivity index (χ1n) is 8.64. The number of rotatable bonds is 4. The monoisotopic (exact) mass is 333 g/mol. The van der Waals surface area contributed by atoms with Crippen LogP contribution in [0.15, 0.2) is 12.7 Å². The van der Waals surface area contributed by atoms with E-state index >= 15 is 0 Å². The summed E-state index contributed by atoms with van der Waals surface area (Å²) in [6.07, 6.45) is 5.48. The van der Waals surface area contributed by atoms with E-state index in [1.54, 1.807) is 10.9 Å². The second-order valence-corrected chi connectivity index (χ2v) is 6.63. The number of hydrogen-bond acceptors (Lipinski definition) is 7. The van der Waals surface area contributed by atoms with Gasteiger partial charge in [0.2, 0.25) is 0 Å². The molecule has 8 heteroatoms.